The number of nitrogens with one attached hydrogen (secondary N) is 1. The van der Waals surface area contributed by atoms with Gasteiger partial charge in [-0.1, -0.05) is 35.9 Å². The van der Waals surface area contributed by atoms with Gasteiger partial charge in [-0.25, -0.2) is 0 Å². The molecule has 1 aliphatic heterocycles. The number of halogens is 1. The molecule has 0 unspecified atom stereocenters. The Bertz CT molecular complexity index is 707. The van der Waals surface area contributed by atoms with Crippen molar-refractivity contribution in [1.29, 1.82) is 0 Å². The number of amides is 1. The molecule has 0 aromatic heterocycles. The van der Waals surface area contributed by atoms with Crippen molar-refractivity contribution >= 4 is 17.5 Å². The largest absolute Gasteiger partial charge is 0.497 e. The van der Waals surface area contributed by atoms with Gasteiger partial charge in [-0.15, -0.1) is 0 Å². The molecule has 1 aliphatic rings. The molecule has 132 valence electrons. The van der Waals surface area contributed by atoms with E-state index < -0.39 is 5.41 Å². The van der Waals surface area contributed by atoms with E-state index in [1.165, 1.54) is 0 Å². The van der Waals surface area contributed by atoms with Crippen LogP contribution in [0.5, 0.6) is 5.75 Å². The third kappa shape index (κ3) is 3.97. The number of ether oxygens (including phenoxy) is 2. The summed E-state index contributed by atoms with van der Waals surface area (Å²) in [5.41, 5.74) is 1.47. The first-order valence-corrected chi connectivity index (χ1v) is 8.77. The van der Waals surface area contributed by atoms with E-state index in [-0.39, 0.29) is 5.91 Å². The summed E-state index contributed by atoms with van der Waals surface area (Å²) in [4.78, 5) is 13.1. The summed E-state index contributed by atoms with van der Waals surface area (Å²) >= 11 is 5.91. The summed E-state index contributed by atoms with van der Waals surface area (Å²) < 4.78 is 10.7. The Kier molecular flexibility index (Phi) is 5.61. The van der Waals surface area contributed by atoms with Crippen molar-refractivity contribution in [3.8, 4) is 5.75 Å². The lowest BCUT2D eigenvalue weighted by Crippen LogP contribution is -2.47. The lowest BCUT2D eigenvalue weighted by molar-refractivity contribution is -0.130. The fourth-order valence-electron chi connectivity index (χ4n) is 3.23. The first-order valence-electron chi connectivity index (χ1n) is 8.39. The van der Waals surface area contributed by atoms with Gasteiger partial charge in [0, 0.05) is 24.8 Å². The van der Waals surface area contributed by atoms with Crippen LogP contribution < -0.4 is 10.1 Å². The van der Waals surface area contributed by atoms with E-state index in [1.807, 2.05) is 48.5 Å². The maximum absolute atomic E-state index is 13.1. The maximum atomic E-state index is 13.1. The second-order valence-electron chi connectivity index (χ2n) is 6.23. The summed E-state index contributed by atoms with van der Waals surface area (Å²) in [7, 11) is 1.64. The molecule has 1 fully saturated rings. The zero-order valence-corrected chi connectivity index (χ0v) is 15.0. The Morgan fingerprint density at radius 3 is 2.36 bits per heavy atom. The minimum atomic E-state index is -0.559. The normalized spacial score (nSPS) is 16.2. The van der Waals surface area contributed by atoms with Gasteiger partial charge in [0.05, 0.1) is 12.5 Å². The summed E-state index contributed by atoms with van der Waals surface area (Å²) in [5.74, 6) is 0.823. The van der Waals surface area contributed by atoms with Crippen LogP contribution in [0, 0.1) is 0 Å². The van der Waals surface area contributed by atoms with Crippen molar-refractivity contribution in [1.82, 2.24) is 5.32 Å². The minimum absolute atomic E-state index is 0.0379. The number of methoxy groups -OCH3 is 1. The van der Waals surface area contributed by atoms with E-state index >= 15 is 0 Å². The molecule has 1 N–H and O–H groups in total. The molecule has 2 aromatic rings. The fourth-order valence-corrected chi connectivity index (χ4v) is 3.36. The van der Waals surface area contributed by atoms with Crippen molar-refractivity contribution in [3.05, 3.63) is 64.7 Å². The van der Waals surface area contributed by atoms with E-state index in [1.54, 1.807) is 7.11 Å². The standard InChI is InChI=1S/C20H22ClNO3/c1-24-18-8-4-16(5-9-18)20(10-12-25-13-11-20)19(23)22-14-15-2-6-17(21)7-3-15/h2-9H,10-14H2,1H3,(H,22,23). The first-order chi connectivity index (χ1) is 12.1. The van der Waals surface area contributed by atoms with Crippen LogP contribution in [0.4, 0.5) is 0 Å². The van der Waals surface area contributed by atoms with Crippen molar-refractivity contribution in [2.24, 2.45) is 0 Å². The number of benzene rings is 2. The molecule has 2 aromatic carbocycles. The summed E-state index contributed by atoms with van der Waals surface area (Å²) in [6.45, 7) is 1.65. The van der Waals surface area contributed by atoms with Crippen molar-refractivity contribution < 1.29 is 14.3 Å². The highest BCUT2D eigenvalue weighted by molar-refractivity contribution is 6.30. The second-order valence-corrected chi connectivity index (χ2v) is 6.67. The molecule has 25 heavy (non-hydrogen) atoms. The predicted molar refractivity (Wildman–Crippen MR) is 98.0 cm³/mol. The summed E-state index contributed by atoms with van der Waals surface area (Å²) in [5, 5.41) is 3.78. The molecular weight excluding hydrogens is 338 g/mol. The van der Waals surface area contributed by atoms with E-state index in [0.717, 1.165) is 16.9 Å². The smallest absolute Gasteiger partial charge is 0.231 e. The number of rotatable bonds is 5. The number of carbonyl (C=O) groups is 1. The molecule has 1 amide bonds. The summed E-state index contributed by atoms with van der Waals surface area (Å²) in [6, 6.07) is 15.3. The van der Waals surface area contributed by atoms with E-state index in [4.69, 9.17) is 21.1 Å². The van der Waals surface area contributed by atoms with Gasteiger partial charge < -0.3 is 14.8 Å². The molecule has 0 saturated carbocycles. The number of hydrogen-bond acceptors (Lipinski definition) is 3. The van der Waals surface area contributed by atoms with E-state index in [9.17, 15) is 4.79 Å². The molecule has 0 radical (unpaired) electrons. The molecule has 0 atom stereocenters. The molecule has 0 aliphatic carbocycles. The van der Waals surface area contributed by atoms with Crippen LogP contribution >= 0.6 is 11.6 Å². The van der Waals surface area contributed by atoms with E-state index in [2.05, 4.69) is 5.32 Å². The quantitative estimate of drug-likeness (QED) is 0.885. The third-order valence-corrected chi connectivity index (χ3v) is 5.04. The number of hydrogen-bond donors (Lipinski definition) is 1. The topological polar surface area (TPSA) is 47.6 Å². The van der Waals surface area contributed by atoms with Crippen LogP contribution in [0.3, 0.4) is 0 Å². The zero-order chi connectivity index (χ0) is 17.7. The highest BCUT2D eigenvalue weighted by atomic mass is 35.5. The minimum Gasteiger partial charge on any atom is -0.497 e. The second kappa shape index (κ2) is 7.89. The van der Waals surface area contributed by atoms with Gasteiger partial charge in [0.1, 0.15) is 5.75 Å². The lowest BCUT2D eigenvalue weighted by atomic mass is 9.73. The average Bonchev–Trinajstić information content (AvgIpc) is 2.68. The lowest BCUT2D eigenvalue weighted by Gasteiger charge is -2.36. The maximum Gasteiger partial charge on any atom is 0.231 e. The third-order valence-electron chi connectivity index (χ3n) is 4.79. The fraction of sp³-hybridized carbons (Fsp3) is 0.350. The Morgan fingerprint density at radius 1 is 1.12 bits per heavy atom. The molecule has 0 bridgehead atoms. The first kappa shape index (κ1) is 17.8. The highest BCUT2D eigenvalue weighted by Gasteiger charge is 2.41. The number of carbonyl (C=O) groups excluding carboxylic acids is 1. The molecule has 4 nitrogen and oxygen atoms in total. The Labute approximate surface area is 153 Å². The van der Waals surface area contributed by atoms with Gasteiger partial charge in [-0.3, -0.25) is 4.79 Å². The van der Waals surface area contributed by atoms with Gasteiger partial charge in [-0.2, -0.15) is 0 Å². The predicted octanol–water partition coefficient (Wildman–Crippen LogP) is 3.71. The molecule has 1 saturated heterocycles. The molecule has 0 spiro atoms. The van der Waals surface area contributed by atoms with Gasteiger partial charge in [0.15, 0.2) is 0 Å². The highest BCUT2D eigenvalue weighted by Crippen LogP contribution is 2.36. The van der Waals surface area contributed by atoms with Crippen LogP contribution in [-0.4, -0.2) is 26.2 Å². The van der Waals surface area contributed by atoms with Crippen LogP contribution in [0.15, 0.2) is 48.5 Å². The van der Waals surface area contributed by atoms with Crippen molar-refractivity contribution in [3.63, 3.8) is 0 Å². The SMILES string of the molecule is COc1ccc(C2(C(=O)NCc3ccc(Cl)cc3)CCOCC2)cc1. The van der Waals surface area contributed by atoms with E-state index in [0.29, 0.717) is 37.6 Å². The van der Waals surface area contributed by atoms with Crippen LogP contribution in [-0.2, 0) is 21.5 Å². The monoisotopic (exact) mass is 359 g/mol. The van der Waals surface area contributed by atoms with Crippen LogP contribution in [0.25, 0.3) is 0 Å². The molecular formula is C20H22ClNO3. The van der Waals surface area contributed by atoms with Crippen LogP contribution in [0.2, 0.25) is 5.02 Å². The van der Waals surface area contributed by atoms with Crippen molar-refractivity contribution in [2.75, 3.05) is 20.3 Å². The Hall–Kier alpha value is -2.04. The molecule has 3 rings (SSSR count). The van der Waals surface area contributed by atoms with Gasteiger partial charge in [-0.05, 0) is 48.2 Å². The van der Waals surface area contributed by atoms with Gasteiger partial charge in [0.25, 0.3) is 0 Å². The van der Waals surface area contributed by atoms with Gasteiger partial charge >= 0.3 is 0 Å². The van der Waals surface area contributed by atoms with Crippen molar-refractivity contribution in [2.45, 2.75) is 24.8 Å². The van der Waals surface area contributed by atoms with Crippen LogP contribution in [0.1, 0.15) is 24.0 Å². The summed E-state index contributed by atoms with van der Waals surface area (Å²) in [6.07, 6.45) is 1.34. The molecule has 5 heteroatoms. The van der Waals surface area contributed by atoms with Gasteiger partial charge in [0.2, 0.25) is 5.91 Å². The Morgan fingerprint density at radius 2 is 1.76 bits per heavy atom. The molecule has 1 heterocycles. The average molecular weight is 360 g/mol. The zero-order valence-electron chi connectivity index (χ0n) is 14.3. The Balaban J connectivity index is 1.78.